The first-order chi connectivity index (χ1) is 14.5. The summed E-state index contributed by atoms with van der Waals surface area (Å²) in [5, 5.41) is 26.2. The first kappa shape index (κ1) is 21.9. The summed E-state index contributed by atoms with van der Waals surface area (Å²) in [6, 6.07) is 11.4. The van der Waals surface area contributed by atoms with Gasteiger partial charge in [-0.1, -0.05) is 32.9 Å². The molecule has 0 saturated heterocycles. The topological polar surface area (TPSA) is 120 Å². The third kappa shape index (κ3) is 4.53. The van der Waals surface area contributed by atoms with Crippen LogP contribution >= 0.6 is 0 Å². The quantitative estimate of drug-likeness (QED) is 0.381. The van der Waals surface area contributed by atoms with Crippen LogP contribution in [0.1, 0.15) is 54.9 Å². The molecule has 1 heterocycles. The Morgan fingerprint density at radius 1 is 1.10 bits per heavy atom. The SMILES string of the molecule is CC(=NNC(=O)c1ccc(O)cc1O)c1c(C)[nH]n(-c2ccc(C(C)(C)C)cc2)c1=O. The molecule has 2 aromatic carbocycles. The molecule has 0 bridgehead atoms. The minimum atomic E-state index is -0.664. The van der Waals surface area contributed by atoms with Gasteiger partial charge in [0, 0.05) is 11.8 Å². The number of aromatic nitrogens is 2. The second-order valence-electron chi connectivity index (χ2n) is 8.39. The van der Waals surface area contributed by atoms with Crippen molar-refractivity contribution < 1.29 is 15.0 Å². The van der Waals surface area contributed by atoms with Gasteiger partial charge in [-0.15, -0.1) is 0 Å². The number of rotatable bonds is 4. The lowest BCUT2D eigenvalue weighted by molar-refractivity contribution is 0.0952. The molecule has 3 aromatic rings. The minimum absolute atomic E-state index is 0.00763. The molecule has 0 fully saturated rings. The van der Waals surface area contributed by atoms with Crippen LogP contribution in [0.4, 0.5) is 0 Å². The van der Waals surface area contributed by atoms with Crippen LogP contribution in [0.3, 0.4) is 0 Å². The van der Waals surface area contributed by atoms with Crippen LogP contribution in [0.2, 0.25) is 0 Å². The van der Waals surface area contributed by atoms with Gasteiger partial charge in [0.05, 0.1) is 22.5 Å². The van der Waals surface area contributed by atoms with Crippen LogP contribution in [-0.2, 0) is 5.41 Å². The van der Waals surface area contributed by atoms with Gasteiger partial charge >= 0.3 is 0 Å². The first-order valence-corrected chi connectivity index (χ1v) is 9.78. The third-order valence-electron chi connectivity index (χ3n) is 4.98. The van der Waals surface area contributed by atoms with Crippen LogP contribution in [0, 0.1) is 6.92 Å². The normalized spacial score (nSPS) is 12.1. The summed E-state index contributed by atoms with van der Waals surface area (Å²) >= 11 is 0. The van der Waals surface area contributed by atoms with Gasteiger partial charge in [-0.3, -0.25) is 14.7 Å². The van der Waals surface area contributed by atoms with E-state index in [1.165, 1.54) is 16.8 Å². The number of nitrogens with one attached hydrogen (secondary N) is 2. The van der Waals surface area contributed by atoms with Crippen LogP contribution < -0.4 is 11.0 Å². The van der Waals surface area contributed by atoms with Gasteiger partial charge in [-0.2, -0.15) is 5.10 Å². The Labute approximate surface area is 179 Å². The van der Waals surface area contributed by atoms with Gasteiger partial charge in [0.15, 0.2) is 0 Å². The molecule has 8 nitrogen and oxygen atoms in total. The maximum absolute atomic E-state index is 13.0. The molecule has 1 amide bonds. The molecule has 162 valence electrons. The Morgan fingerprint density at radius 3 is 2.32 bits per heavy atom. The molecular formula is C23H26N4O4. The van der Waals surface area contributed by atoms with E-state index >= 15 is 0 Å². The lowest BCUT2D eigenvalue weighted by atomic mass is 9.87. The fourth-order valence-corrected chi connectivity index (χ4v) is 3.23. The number of aromatic hydroxyl groups is 2. The minimum Gasteiger partial charge on any atom is -0.508 e. The number of aromatic amines is 1. The zero-order chi connectivity index (χ0) is 22.9. The van der Waals surface area contributed by atoms with Crippen molar-refractivity contribution in [2.45, 2.75) is 40.0 Å². The average Bonchev–Trinajstić information content (AvgIpc) is 2.99. The molecule has 0 atom stereocenters. The number of nitrogens with zero attached hydrogens (tertiary/aromatic N) is 2. The highest BCUT2D eigenvalue weighted by atomic mass is 16.3. The van der Waals surface area contributed by atoms with Crippen molar-refractivity contribution in [2.24, 2.45) is 5.10 Å². The van der Waals surface area contributed by atoms with Crippen LogP contribution in [0.25, 0.3) is 5.69 Å². The lowest BCUT2D eigenvalue weighted by Gasteiger charge is -2.19. The third-order valence-corrected chi connectivity index (χ3v) is 4.98. The van der Waals surface area contributed by atoms with Crippen molar-refractivity contribution >= 4 is 11.6 Å². The van der Waals surface area contributed by atoms with E-state index in [4.69, 9.17) is 0 Å². The Hall–Kier alpha value is -3.81. The number of H-pyrrole nitrogens is 1. The maximum atomic E-state index is 13.0. The zero-order valence-electron chi connectivity index (χ0n) is 18.1. The number of benzene rings is 2. The zero-order valence-corrected chi connectivity index (χ0v) is 18.1. The molecule has 4 N–H and O–H groups in total. The Bertz CT molecular complexity index is 1210. The second kappa shape index (κ2) is 8.14. The number of carbonyl (C=O) groups excluding carboxylic acids is 1. The average molecular weight is 422 g/mol. The number of hydrogen-bond acceptors (Lipinski definition) is 5. The molecule has 0 saturated carbocycles. The van der Waals surface area contributed by atoms with Gasteiger partial charge in [0.2, 0.25) is 0 Å². The lowest BCUT2D eigenvalue weighted by Crippen LogP contribution is -2.23. The number of hydrazone groups is 1. The number of amides is 1. The van der Waals surface area contributed by atoms with Crippen molar-refractivity contribution in [1.82, 2.24) is 15.2 Å². The summed E-state index contributed by atoms with van der Waals surface area (Å²) in [5.41, 5.74) is 5.12. The highest BCUT2D eigenvalue weighted by Crippen LogP contribution is 2.23. The van der Waals surface area contributed by atoms with E-state index in [1.807, 2.05) is 24.3 Å². The van der Waals surface area contributed by atoms with Gasteiger partial charge in [-0.25, -0.2) is 10.1 Å². The van der Waals surface area contributed by atoms with E-state index in [0.29, 0.717) is 22.7 Å². The number of phenolic OH excluding ortho intramolecular Hbond substituents is 2. The van der Waals surface area contributed by atoms with Crippen molar-refractivity contribution in [3.63, 3.8) is 0 Å². The van der Waals surface area contributed by atoms with E-state index in [1.54, 1.807) is 13.8 Å². The summed E-state index contributed by atoms with van der Waals surface area (Å²) in [6.07, 6.45) is 0. The molecule has 0 unspecified atom stereocenters. The highest BCUT2D eigenvalue weighted by Gasteiger charge is 2.18. The number of aryl methyl sites for hydroxylation is 1. The van der Waals surface area contributed by atoms with E-state index < -0.39 is 5.91 Å². The molecule has 0 aliphatic heterocycles. The van der Waals surface area contributed by atoms with E-state index in [0.717, 1.165) is 11.6 Å². The Balaban J connectivity index is 1.87. The fraction of sp³-hybridized carbons (Fsp3) is 0.261. The van der Waals surface area contributed by atoms with Gasteiger partial charge < -0.3 is 10.2 Å². The van der Waals surface area contributed by atoms with Crippen molar-refractivity contribution in [3.05, 3.63) is 75.2 Å². The predicted molar refractivity (Wildman–Crippen MR) is 119 cm³/mol. The smallest absolute Gasteiger partial charge is 0.280 e. The van der Waals surface area contributed by atoms with Gasteiger partial charge in [-0.05, 0) is 49.1 Å². The molecular weight excluding hydrogens is 396 g/mol. The van der Waals surface area contributed by atoms with Crippen molar-refractivity contribution in [3.8, 4) is 17.2 Å². The van der Waals surface area contributed by atoms with E-state index in [9.17, 15) is 19.8 Å². The summed E-state index contributed by atoms with van der Waals surface area (Å²) in [4.78, 5) is 25.3. The molecule has 0 spiro atoms. The standard InChI is InChI=1S/C23H26N4O4/c1-13(24-25-21(30)18-11-10-17(28)12-19(18)29)20-14(2)26-27(22(20)31)16-8-6-15(7-9-16)23(3,4)5/h6-12,26,28-29H,1-5H3,(H,25,30). The summed E-state index contributed by atoms with van der Waals surface area (Å²) in [5.74, 6) is -1.19. The maximum Gasteiger partial charge on any atom is 0.280 e. The number of carbonyl (C=O) groups is 1. The molecule has 3 rings (SSSR count). The monoisotopic (exact) mass is 422 g/mol. The molecule has 0 aliphatic carbocycles. The van der Waals surface area contributed by atoms with Gasteiger partial charge in [0.25, 0.3) is 11.5 Å². The predicted octanol–water partition coefficient (Wildman–Crippen LogP) is 3.34. The molecule has 31 heavy (non-hydrogen) atoms. The van der Waals surface area contributed by atoms with Crippen LogP contribution in [0.15, 0.2) is 52.4 Å². The first-order valence-electron chi connectivity index (χ1n) is 9.78. The van der Waals surface area contributed by atoms with Crippen LogP contribution in [-0.4, -0.2) is 31.6 Å². The van der Waals surface area contributed by atoms with E-state index in [2.05, 4.69) is 36.4 Å². The molecule has 8 heteroatoms. The fourth-order valence-electron chi connectivity index (χ4n) is 3.23. The van der Waals surface area contributed by atoms with Crippen molar-refractivity contribution in [1.29, 1.82) is 0 Å². The molecule has 1 aromatic heterocycles. The second-order valence-corrected chi connectivity index (χ2v) is 8.39. The van der Waals surface area contributed by atoms with E-state index in [-0.39, 0.29) is 28.0 Å². The molecule has 0 radical (unpaired) electrons. The van der Waals surface area contributed by atoms with Crippen LogP contribution in [0.5, 0.6) is 11.5 Å². The summed E-state index contributed by atoms with van der Waals surface area (Å²) in [7, 11) is 0. The number of hydrogen-bond donors (Lipinski definition) is 4. The summed E-state index contributed by atoms with van der Waals surface area (Å²) in [6.45, 7) is 9.73. The Morgan fingerprint density at radius 2 is 1.74 bits per heavy atom. The highest BCUT2D eigenvalue weighted by molar-refractivity contribution is 6.02. The largest absolute Gasteiger partial charge is 0.508 e. The molecule has 0 aliphatic rings. The number of phenols is 2. The summed E-state index contributed by atoms with van der Waals surface area (Å²) < 4.78 is 1.43. The van der Waals surface area contributed by atoms with Gasteiger partial charge in [0.1, 0.15) is 11.5 Å². The van der Waals surface area contributed by atoms with Crippen molar-refractivity contribution in [2.75, 3.05) is 0 Å². The Kier molecular flexibility index (Phi) is 5.75.